The van der Waals surface area contributed by atoms with Gasteiger partial charge in [0.2, 0.25) is 0 Å². The molecule has 2 aliphatic rings. The van der Waals surface area contributed by atoms with E-state index in [0.717, 1.165) is 13.1 Å². The highest BCUT2D eigenvalue weighted by Crippen LogP contribution is 2.09. The summed E-state index contributed by atoms with van der Waals surface area (Å²) in [7, 11) is 0. The summed E-state index contributed by atoms with van der Waals surface area (Å²) in [6.45, 7) is 7.00. The first-order valence-corrected chi connectivity index (χ1v) is 4.09. The lowest BCUT2D eigenvalue weighted by molar-refractivity contribution is 0.159. The van der Waals surface area contributed by atoms with Crippen LogP contribution in [0.4, 0.5) is 0 Å². The van der Waals surface area contributed by atoms with Crippen molar-refractivity contribution < 1.29 is 0 Å². The summed E-state index contributed by atoms with van der Waals surface area (Å²) < 4.78 is 0. The van der Waals surface area contributed by atoms with Crippen LogP contribution in [0.25, 0.3) is 0 Å². The molecule has 0 aromatic carbocycles. The highest BCUT2D eigenvalue weighted by molar-refractivity contribution is 4.89. The van der Waals surface area contributed by atoms with Gasteiger partial charge < -0.3 is 5.32 Å². The van der Waals surface area contributed by atoms with Gasteiger partial charge in [-0.25, -0.2) is 0 Å². The van der Waals surface area contributed by atoms with E-state index in [1.54, 1.807) is 0 Å². The molecule has 0 aliphatic carbocycles. The average molecular weight is 141 g/mol. The molecule has 2 heterocycles. The van der Waals surface area contributed by atoms with Crippen molar-refractivity contribution in [3.8, 4) is 0 Å². The number of nitrogens with one attached hydrogen (secondary N) is 2. The lowest BCUT2D eigenvalue weighted by atomic mass is 10.2. The fraction of sp³-hybridized carbons (Fsp3) is 1.00. The normalized spacial score (nSPS) is 41.7. The Kier molecular flexibility index (Phi) is 1.64. The third kappa shape index (κ3) is 0.944. The van der Waals surface area contributed by atoms with Crippen molar-refractivity contribution in [2.45, 2.75) is 19.1 Å². The third-order valence-corrected chi connectivity index (χ3v) is 2.48. The Morgan fingerprint density at radius 3 is 2.60 bits per heavy atom. The maximum atomic E-state index is 3.47. The van der Waals surface area contributed by atoms with Gasteiger partial charge in [-0.15, -0.1) is 0 Å². The van der Waals surface area contributed by atoms with Crippen molar-refractivity contribution >= 4 is 0 Å². The Morgan fingerprint density at radius 1 is 1.20 bits per heavy atom. The molecular weight excluding hydrogens is 126 g/mol. The topological polar surface area (TPSA) is 27.3 Å². The molecule has 0 radical (unpaired) electrons. The monoisotopic (exact) mass is 141 g/mol. The SMILES string of the molecule is C[C@H]1NCCN2CCNC12. The first kappa shape index (κ1) is 6.58. The van der Waals surface area contributed by atoms with E-state index in [0.29, 0.717) is 12.2 Å². The van der Waals surface area contributed by atoms with Crippen molar-refractivity contribution in [3.63, 3.8) is 0 Å². The maximum absolute atomic E-state index is 3.47. The smallest absolute Gasteiger partial charge is 0.0753 e. The van der Waals surface area contributed by atoms with Crippen molar-refractivity contribution in [1.29, 1.82) is 0 Å². The van der Waals surface area contributed by atoms with Gasteiger partial charge in [0, 0.05) is 32.2 Å². The van der Waals surface area contributed by atoms with Crippen LogP contribution in [-0.2, 0) is 0 Å². The zero-order valence-electron chi connectivity index (χ0n) is 6.43. The molecule has 0 spiro atoms. The maximum Gasteiger partial charge on any atom is 0.0753 e. The highest BCUT2D eigenvalue weighted by atomic mass is 15.4. The van der Waals surface area contributed by atoms with E-state index >= 15 is 0 Å². The van der Waals surface area contributed by atoms with Gasteiger partial charge in [-0.1, -0.05) is 0 Å². The molecule has 10 heavy (non-hydrogen) atoms. The summed E-state index contributed by atoms with van der Waals surface area (Å²) in [5.41, 5.74) is 0. The summed E-state index contributed by atoms with van der Waals surface area (Å²) in [6, 6.07) is 0.622. The van der Waals surface area contributed by atoms with Crippen LogP contribution in [0.1, 0.15) is 6.92 Å². The molecule has 2 saturated heterocycles. The first-order chi connectivity index (χ1) is 4.88. The van der Waals surface area contributed by atoms with E-state index in [9.17, 15) is 0 Å². The van der Waals surface area contributed by atoms with Crippen LogP contribution in [-0.4, -0.2) is 43.3 Å². The Labute approximate surface area is 61.8 Å². The fourth-order valence-corrected chi connectivity index (χ4v) is 1.92. The predicted molar refractivity (Wildman–Crippen MR) is 40.8 cm³/mol. The van der Waals surface area contributed by atoms with Crippen LogP contribution in [0.2, 0.25) is 0 Å². The minimum Gasteiger partial charge on any atom is -0.310 e. The molecule has 0 bridgehead atoms. The van der Waals surface area contributed by atoms with Gasteiger partial charge in [0.15, 0.2) is 0 Å². The number of rotatable bonds is 0. The van der Waals surface area contributed by atoms with Crippen LogP contribution in [0.3, 0.4) is 0 Å². The second kappa shape index (κ2) is 2.49. The van der Waals surface area contributed by atoms with Gasteiger partial charge in [-0.05, 0) is 6.92 Å². The lowest BCUT2D eigenvalue weighted by Crippen LogP contribution is -2.57. The first-order valence-electron chi connectivity index (χ1n) is 4.09. The molecule has 0 aromatic heterocycles. The number of nitrogens with zero attached hydrogens (tertiary/aromatic N) is 1. The largest absolute Gasteiger partial charge is 0.310 e. The fourth-order valence-electron chi connectivity index (χ4n) is 1.92. The van der Waals surface area contributed by atoms with Crippen molar-refractivity contribution in [2.24, 2.45) is 0 Å². The average Bonchev–Trinajstić information content (AvgIpc) is 2.36. The Morgan fingerprint density at radius 2 is 1.90 bits per heavy atom. The molecule has 2 N–H and O–H groups in total. The predicted octanol–water partition coefficient (Wildman–Crippen LogP) is -0.791. The Bertz CT molecular complexity index is 126. The highest BCUT2D eigenvalue weighted by Gasteiger charge is 2.30. The molecule has 0 aromatic rings. The molecular formula is C7H15N3. The van der Waals surface area contributed by atoms with Gasteiger partial charge in [-0.3, -0.25) is 10.2 Å². The Balaban J connectivity index is 2.03. The number of fused-ring (bicyclic) bond motifs is 1. The molecule has 2 atom stereocenters. The van der Waals surface area contributed by atoms with Crippen LogP contribution in [0.5, 0.6) is 0 Å². The zero-order valence-corrected chi connectivity index (χ0v) is 6.43. The molecule has 1 unspecified atom stereocenters. The molecule has 3 heteroatoms. The summed E-state index contributed by atoms with van der Waals surface area (Å²) >= 11 is 0. The molecule has 58 valence electrons. The van der Waals surface area contributed by atoms with E-state index in [1.165, 1.54) is 13.1 Å². The summed E-state index contributed by atoms with van der Waals surface area (Å²) in [6.07, 6.45) is 0.605. The number of hydrogen-bond acceptors (Lipinski definition) is 3. The van der Waals surface area contributed by atoms with Gasteiger partial charge in [0.05, 0.1) is 6.17 Å². The molecule has 3 nitrogen and oxygen atoms in total. The Hall–Kier alpha value is -0.120. The van der Waals surface area contributed by atoms with Gasteiger partial charge in [-0.2, -0.15) is 0 Å². The minimum atomic E-state index is 0.605. The van der Waals surface area contributed by atoms with Crippen LogP contribution in [0.15, 0.2) is 0 Å². The standard InChI is InChI=1S/C7H15N3/c1-6-7-9-3-5-10(7)4-2-8-6/h6-9H,2-5H2,1H3/t6-,7?/m1/s1. The summed E-state index contributed by atoms with van der Waals surface area (Å²) in [5.74, 6) is 0. The second-order valence-electron chi connectivity index (χ2n) is 3.18. The summed E-state index contributed by atoms with van der Waals surface area (Å²) in [5, 5.41) is 6.92. The van der Waals surface area contributed by atoms with E-state index in [2.05, 4.69) is 22.5 Å². The second-order valence-corrected chi connectivity index (χ2v) is 3.18. The summed E-state index contributed by atoms with van der Waals surface area (Å²) in [4.78, 5) is 2.52. The van der Waals surface area contributed by atoms with E-state index < -0.39 is 0 Å². The van der Waals surface area contributed by atoms with Crippen molar-refractivity contribution in [2.75, 3.05) is 26.2 Å². The molecule has 2 fully saturated rings. The zero-order chi connectivity index (χ0) is 6.97. The van der Waals surface area contributed by atoms with Crippen LogP contribution >= 0.6 is 0 Å². The van der Waals surface area contributed by atoms with Gasteiger partial charge in [0.25, 0.3) is 0 Å². The molecule has 0 saturated carbocycles. The van der Waals surface area contributed by atoms with Crippen molar-refractivity contribution in [3.05, 3.63) is 0 Å². The minimum absolute atomic E-state index is 0.605. The van der Waals surface area contributed by atoms with Gasteiger partial charge in [0.1, 0.15) is 0 Å². The van der Waals surface area contributed by atoms with E-state index in [-0.39, 0.29) is 0 Å². The number of piperazine rings is 1. The quantitative estimate of drug-likeness (QED) is 0.463. The molecule has 2 rings (SSSR count). The third-order valence-electron chi connectivity index (χ3n) is 2.48. The van der Waals surface area contributed by atoms with Gasteiger partial charge >= 0.3 is 0 Å². The van der Waals surface area contributed by atoms with E-state index in [4.69, 9.17) is 0 Å². The van der Waals surface area contributed by atoms with Crippen molar-refractivity contribution in [1.82, 2.24) is 15.5 Å². The molecule has 0 amide bonds. The van der Waals surface area contributed by atoms with Crippen LogP contribution < -0.4 is 10.6 Å². The van der Waals surface area contributed by atoms with Crippen LogP contribution in [0, 0.1) is 0 Å². The van der Waals surface area contributed by atoms with E-state index in [1.807, 2.05) is 0 Å². The lowest BCUT2D eigenvalue weighted by Gasteiger charge is -2.35. The number of hydrogen-bond donors (Lipinski definition) is 2. The molecule has 2 aliphatic heterocycles.